The van der Waals surface area contributed by atoms with Gasteiger partial charge in [-0.3, -0.25) is 4.79 Å². The lowest BCUT2D eigenvalue weighted by molar-refractivity contribution is -0.118. The summed E-state index contributed by atoms with van der Waals surface area (Å²) < 4.78 is 5.84. The Bertz CT molecular complexity index is 748. The summed E-state index contributed by atoms with van der Waals surface area (Å²) in [6.45, 7) is 12.6. The van der Waals surface area contributed by atoms with E-state index in [0.29, 0.717) is 11.8 Å². The van der Waals surface area contributed by atoms with E-state index in [1.54, 1.807) is 0 Å². The van der Waals surface area contributed by atoms with Gasteiger partial charge in [-0.1, -0.05) is 58.0 Å². The van der Waals surface area contributed by atoms with Crippen molar-refractivity contribution in [3.05, 3.63) is 58.7 Å². The fourth-order valence-electron chi connectivity index (χ4n) is 2.90. The summed E-state index contributed by atoms with van der Waals surface area (Å²) in [6.07, 6.45) is 0. The zero-order chi connectivity index (χ0) is 18.6. The van der Waals surface area contributed by atoms with Crippen LogP contribution in [0.4, 0.5) is 5.69 Å². The van der Waals surface area contributed by atoms with Gasteiger partial charge in [-0.05, 0) is 54.0 Å². The Morgan fingerprint density at radius 2 is 1.68 bits per heavy atom. The van der Waals surface area contributed by atoms with E-state index in [2.05, 4.69) is 51.2 Å². The molecular weight excluding hydrogens is 310 g/mol. The van der Waals surface area contributed by atoms with Crippen molar-refractivity contribution in [2.24, 2.45) is 0 Å². The maximum absolute atomic E-state index is 12.4. The molecule has 0 atom stereocenters. The Kier molecular flexibility index (Phi) is 6.24. The smallest absolute Gasteiger partial charge is 0.262 e. The quantitative estimate of drug-likeness (QED) is 0.747. The van der Waals surface area contributed by atoms with Crippen LogP contribution in [-0.4, -0.2) is 12.5 Å². The summed E-state index contributed by atoms with van der Waals surface area (Å²) in [5.74, 6) is 1.36. The standard InChI is InChI=1S/C22H29NO2/c1-14(2)18-11-10-16(5)12-20(18)25-13-21(24)23-22-17(6)8-7-9-19(22)15(3)4/h7-12,14-15H,13H2,1-6H3,(H,23,24). The Labute approximate surface area is 151 Å². The van der Waals surface area contributed by atoms with Crippen molar-refractivity contribution in [2.75, 3.05) is 11.9 Å². The van der Waals surface area contributed by atoms with E-state index >= 15 is 0 Å². The summed E-state index contributed by atoms with van der Waals surface area (Å²) in [6, 6.07) is 12.2. The highest BCUT2D eigenvalue weighted by Gasteiger charge is 2.14. The van der Waals surface area contributed by atoms with Gasteiger partial charge < -0.3 is 10.1 Å². The molecule has 0 aliphatic heterocycles. The first-order valence-electron chi connectivity index (χ1n) is 8.92. The van der Waals surface area contributed by atoms with Gasteiger partial charge in [-0.2, -0.15) is 0 Å². The number of hydrogen-bond donors (Lipinski definition) is 1. The molecule has 0 saturated heterocycles. The maximum Gasteiger partial charge on any atom is 0.262 e. The number of amides is 1. The van der Waals surface area contributed by atoms with E-state index in [4.69, 9.17) is 4.74 Å². The van der Waals surface area contributed by atoms with Crippen LogP contribution in [0.25, 0.3) is 0 Å². The van der Waals surface area contributed by atoms with Crippen LogP contribution >= 0.6 is 0 Å². The summed E-state index contributed by atoms with van der Waals surface area (Å²) in [7, 11) is 0. The number of para-hydroxylation sites is 1. The van der Waals surface area contributed by atoms with Gasteiger partial charge in [0.1, 0.15) is 5.75 Å². The molecule has 0 heterocycles. The minimum absolute atomic E-state index is 0.00897. The van der Waals surface area contributed by atoms with Crippen LogP contribution in [0.5, 0.6) is 5.75 Å². The lowest BCUT2D eigenvalue weighted by Crippen LogP contribution is -2.22. The number of hydrogen-bond acceptors (Lipinski definition) is 2. The zero-order valence-electron chi connectivity index (χ0n) is 16.1. The molecule has 0 aliphatic carbocycles. The SMILES string of the molecule is Cc1ccc(C(C)C)c(OCC(=O)Nc2c(C)cccc2C(C)C)c1. The Morgan fingerprint density at radius 3 is 2.32 bits per heavy atom. The number of carbonyl (C=O) groups excluding carboxylic acids is 1. The first-order chi connectivity index (χ1) is 11.8. The normalized spacial score (nSPS) is 11.0. The summed E-state index contributed by atoms with van der Waals surface area (Å²) in [5, 5.41) is 3.03. The summed E-state index contributed by atoms with van der Waals surface area (Å²) in [5.41, 5.74) is 5.36. The molecule has 134 valence electrons. The minimum Gasteiger partial charge on any atom is -0.483 e. The number of aryl methyl sites for hydroxylation is 2. The van der Waals surface area contributed by atoms with Gasteiger partial charge in [-0.25, -0.2) is 0 Å². The molecule has 2 aromatic rings. The molecule has 0 radical (unpaired) electrons. The molecule has 2 rings (SSSR count). The van der Waals surface area contributed by atoms with E-state index < -0.39 is 0 Å². The first kappa shape index (κ1) is 19.0. The van der Waals surface area contributed by atoms with Crippen molar-refractivity contribution in [1.29, 1.82) is 0 Å². The highest BCUT2D eigenvalue weighted by atomic mass is 16.5. The van der Waals surface area contributed by atoms with Crippen molar-refractivity contribution in [3.8, 4) is 5.75 Å². The van der Waals surface area contributed by atoms with Crippen LogP contribution in [0, 0.1) is 13.8 Å². The molecule has 0 spiro atoms. The number of ether oxygens (including phenoxy) is 1. The molecule has 1 N–H and O–H groups in total. The Hall–Kier alpha value is -2.29. The number of rotatable bonds is 6. The Balaban J connectivity index is 2.12. The zero-order valence-corrected chi connectivity index (χ0v) is 16.1. The third kappa shape index (κ3) is 4.85. The molecule has 3 nitrogen and oxygen atoms in total. The van der Waals surface area contributed by atoms with E-state index in [9.17, 15) is 4.79 Å². The van der Waals surface area contributed by atoms with Gasteiger partial charge in [0.25, 0.3) is 5.91 Å². The highest BCUT2D eigenvalue weighted by Crippen LogP contribution is 2.29. The second-order valence-corrected chi connectivity index (χ2v) is 7.23. The summed E-state index contributed by atoms with van der Waals surface area (Å²) in [4.78, 5) is 12.4. The topological polar surface area (TPSA) is 38.3 Å². The molecule has 0 bridgehead atoms. The Morgan fingerprint density at radius 1 is 1.00 bits per heavy atom. The molecule has 25 heavy (non-hydrogen) atoms. The predicted molar refractivity (Wildman–Crippen MR) is 105 cm³/mol. The molecule has 0 saturated carbocycles. The van der Waals surface area contributed by atoms with Crippen LogP contribution in [0.1, 0.15) is 61.8 Å². The summed E-state index contributed by atoms with van der Waals surface area (Å²) >= 11 is 0. The van der Waals surface area contributed by atoms with Gasteiger partial charge in [0, 0.05) is 5.69 Å². The van der Waals surface area contributed by atoms with E-state index in [1.807, 2.05) is 32.0 Å². The number of carbonyl (C=O) groups is 1. The van der Waals surface area contributed by atoms with Crippen molar-refractivity contribution >= 4 is 11.6 Å². The van der Waals surface area contributed by atoms with Crippen molar-refractivity contribution < 1.29 is 9.53 Å². The lowest BCUT2D eigenvalue weighted by Gasteiger charge is -2.18. The third-order valence-electron chi connectivity index (χ3n) is 4.34. The highest BCUT2D eigenvalue weighted by molar-refractivity contribution is 5.93. The molecule has 0 unspecified atom stereocenters. The second-order valence-electron chi connectivity index (χ2n) is 7.23. The van der Waals surface area contributed by atoms with Crippen molar-refractivity contribution in [1.82, 2.24) is 0 Å². The number of anilines is 1. The maximum atomic E-state index is 12.4. The van der Waals surface area contributed by atoms with Crippen LogP contribution in [0.15, 0.2) is 36.4 Å². The van der Waals surface area contributed by atoms with Gasteiger partial charge >= 0.3 is 0 Å². The largest absolute Gasteiger partial charge is 0.483 e. The number of nitrogens with one attached hydrogen (secondary N) is 1. The molecule has 1 amide bonds. The van der Waals surface area contributed by atoms with Gasteiger partial charge in [-0.15, -0.1) is 0 Å². The van der Waals surface area contributed by atoms with Crippen LogP contribution in [-0.2, 0) is 4.79 Å². The van der Waals surface area contributed by atoms with Gasteiger partial charge in [0.05, 0.1) is 0 Å². The molecule has 3 heteroatoms. The lowest BCUT2D eigenvalue weighted by atomic mass is 9.98. The van der Waals surface area contributed by atoms with Crippen LogP contribution in [0.2, 0.25) is 0 Å². The van der Waals surface area contributed by atoms with Crippen molar-refractivity contribution in [3.63, 3.8) is 0 Å². The number of benzene rings is 2. The average molecular weight is 339 g/mol. The van der Waals surface area contributed by atoms with Gasteiger partial charge in [0.2, 0.25) is 0 Å². The fraction of sp³-hybridized carbons (Fsp3) is 0.409. The van der Waals surface area contributed by atoms with Crippen molar-refractivity contribution in [2.45, 2.75) is 53.4 Å². The molecule has 2 aromatic carbocycles. The predicted octanol–water partition coefficient (Wildman–Crippen LogP) is 5.57. The molecule has 0 aromatic heterocycles. The second kappa shape index (κ2) is 8.19. The fourth-order valence-corrected chi connectivity index (χ4v) is 2.90. The van der Waals surface area contributed by atoms with Crippen LogP contribution in [0.3, 0.4) is 0 Å². The van der Waals surface area contributed by atoms with Gasteiger partial charge in [0.15, 0.2) is 6.61 Å². The third-order valence-corrected chi connectivity index (χ3v) is 4.34. The molecule has 0 fully saturated rings. The first-order valence-corrected chi connectivity index (χ1v) is 8.92. The van der Waals surface area contributed by atoms with E-state index in [1.165, 1.54) is 0 Å². The average Bonchev–Trinajstić information content (AvgIpc) is 2.54. The van der Waals surface area contributed by atoms with E-state index in [-0.39, 0.29) is 12.5 Å². The minimum atomic E-state index is -0.132. The monoisotopic (exact) mass is 339 g/mol. The van der Waals surface area contributed by atoms with Crippen LogP contribution < -0.4 is 10.1 Å². The molecule has 0 aliphatic rings. The molecular formula is C22H29NO2. The van der Waals surface area contributed by atoms with E-state index in [0.717, 1.165) is 33.7 Å².